The van der Waals surface area contributed by atoms with Crippen LogP contribution in [0, 0.1) is 0 Å². The molecule has 0 aliphatic rings. The Hall–Kier alpha value is -3.62. The maximum absolute atomic E-state index is 11.7. The quantitative estimate of drug-likeness (QED) is 0.0654. The van der Waals surface area contributed by atoms with Crippen LogP contribution in [0.1, 0.15) is 81.0 Å². The lowest BCUT2D eigenvalue weighted by Gasteiger charge is -2.27. The number of hydrogen-bond acceptors (Lipinski definition) is 4. The molecule has 232 valence electrons. The molecule has 5 heteroatoms. The van der Waals surface area contributed by atoms with Gasteiger partial charge in [-0.15, -0.1) is 0 Å². The summed E-state index contributed by atoms with van der Waals surface area (Å²) in [7, 11) is -0.402. The number of benzene rings is 4. The van der Waals surface area contributed by atoms with E-state index in [1.54, 1.807) is 6.07 Å². The first-order chi connectivity index (χ1) is 21.6. The molecule has 0 amide bonds. The van der Waals surface area contributed by atoms with Gasteiger partial charge in [0, 0.05) is 0 Å². The highest BCUT2D eigenvalue weighted by molar-refractivity contribution is 7.95. The van der Waals surface area contributed by atoms with E-state index in [4.69, 9.17) is 9.47 Å². The number of unbranched alkanes of at least 4 members (excludes halogenated alkanes) is 10. The Kier molecular flexibility index (Phi) is 13.8. The Morgan fingerprint density at radius 3 is 1.48 bits per heavy atom. The molecule has 4 aromatic carbocycles. The van der Waals surface area contributed by atoms with Gasteiger partial charge in [-0.05, 0) is 73.9 Å². The van der Waals surface area contributed by atoms with E-state index in [1.165, 1.54) is 99.1 Å². The van der Waals surface area contributed by atoms with Crippen molar-refractivity contribution in [2.45, 2.75) is 70.6 Å². The maximum Gasteiger partial charge on any atom is 0.341 e. The highest BCUT2D eigenvalue weighted by Gasteiger charge is 2.44. The summed E-state index contributed by atoms with van der Waals surface area (Å²) in [6.45, 7) is 0.605. The fourth-order valence-electron chi connectivity index (χ4n) is 5.99. The zero-order valence-corrected chi connectivity index (χ0v) is 27.1. The minimum Gasteiger partial charge on any atom is -0.507 e. The number of phenols is 1. The van der Waals surface area contributed by atoms with Crippen LogP contribution in [0.2, 0.25) is 0 Å². The molecular weight excluding hydrogens is 563 g/mol. The van der Waals surface area contributed by atoms with Gasteiger partial charge < -0.3 is 14.6 Å². The van der Waals surface area contributed by atoms with Crippen LogP contribution < -0.4 is 20.7 Å². The van der Waals surface area contributed by atoms with Gasteiger partial charge in [0.1, 0.15) is 40.2 Å². The third-order valence-corrected chi connectivity index (χ3v) is 12.9. The van der Waals surface area contributed by atoms with Gasteiger partial charge in [0.15, 0.2) is 0 Å². The van der Waals surface area contributed by atoms with Crippen molar-refractivity contribution in [2.75, 3.05) is 19.9 Å². The first-order valence-electron chi connectivity index (χ1n) is 16.2. The van der Waals surface area contributed by atoms with E-state index < -0.39 is 13.2 Å². The third-order valence-electron chi connectivity index (χ3n) is 8.37. The van der Waals surface area contributed by atoms with Crippen molar-refractivity contribution in [1.82, 2.24) is 0 Å². The van der Waals surface area contributed by atoms with Gasteiger partial charge in [-0.3, -0.25) is 0 Å². The molecule has 0 unspecified atom stereocenters. The first kappa shape index (κ1) is 33.3. The number of rotatable bonds is 19. The summed E-state index contributed by atoms with van der Waals surface area (Å²) in [5, 5.41) is 14.3. The Morgan fingerprint density at radius 1 is 0.591 bits per heavy atom. The molecule has 0 radical (unpaired) electrons. The van der Waals surface area contributed by atoms with Gasteiger partial charge in [-0.25, -0.2) is 4.79 Å². The highest BCUT2D eigenvalue weighted by atomic mass is 31.2. The van der Waals surface area contributed by atoms with E-state index >= 15 is 0 Å². The number of hydrogen-bond donors (Lipinski definition) is 1. The molecule has 0 saturated heterocycles. The molecule has 4 nitrogen and oxygen atoms in total. The van der Waals surface area contributed by atoms with E-state index in [0.717, 1.165) is 12.8 Å². The smallest absolute Gasteiger partial charge is 0.341 e. The second-order valence-corrected chi connectivity index (χ2v) is 15.1. The lowest BCUT2D eigenvalue weighted by molar-refractivity contribution is 0.0597. The summed E-state index contributed by atoms with van der Waals surface area (Å²) in [5.41, 5.74) is 0.131. The predicted molar refractivity (Wildman–Crippen MR) is 186 cm³/mol. The molecule has 0 saturated carbocycles. The number of phenolic OH excluding ortho intramolecular Hbond substituents is 1. The number of ether oxygens (including phenoxy) is 2. The van der Waals surface area contributed by atoms with Crippen LogP contribution in [0.5, 0.6) is 11.5 Å². The second kappa shape index (κ2) is 18.2. The van der Waals surface area contributed by atoms with Gasteiger partial charge in [-0.2, -0.15) is 0 Å². The van der Waals surface area contributed by atoms with Crippen molar-refractivity contribution in [3.8, 4) is 11.5 Å². The van der Waals surface area contributed by atoms with Crippen LogP contribution in [0.3, 0.4) is 0 Å². The van der Waals surface area contributed by atoms with E-state index in [-0.39, 0.29) is 11.3 Å². The van der Waals surface area contributed by atoms with Gasteiger partial charge in [0.05, 0.1) is 19.9 Å². The number of methoxy groups -OCH3 is 1. The van der Waals surface area contributed by atoms with Crippen LogP contribution in [-0.4, -0.2) is 31.0 Å². The number of carbonyl (C=O) groups is 1. The van der Waals surface area contributed by atoms with Crippen molar-refractivity contribution in [3.05, 3.63) is 115 Å². The summed E-state index contributed by atoms with van der Waals surface area (Å²) in [6.07, 6.45) is 14.9. The lowest BCUT2D eigenvalue weighted by atomic mass is 10.1. The van der Waals surface area contributed by atoms with Crippen molar-refractivity contribution < 1.29 is 19.4 Å². The molecule has 1 N–H and O–H groups in total. The minimum atomic E-state index is -1.70. The summed E-state index contributed by atoms with van der Waals surface area (Å²) in [6, 6.07) is 38.3. The fraction of sp³-hybridized carbons (Fsp3) is 0.359. The standard InChI is InChI=1S/C39H47O4P/c1-42-39(41)37-32-33(28-29-38(37)40)43-30-20-9-7-5-3-2-4-6-8-10-21-31-44(34-22-14-11-15-23-34,35-24-16-12-17-25-35)36-26-18-13-19-27-36/h11-19,22-29,32H,2-10,20-21,30-31H2,1H3/p+1. The number of esters is 1. The summed E-state index contributed by atoms with van der Waals surface area (Å²) in [4.78, 5) is 11.7. The molecule has 0 aromatic heterocycles. The predicted octanol–water partition coefficient (Wildman–Crippen LogP) is 8.84. The molecule has 44 heavy (non-hydrogen) atoms. The molecule has 4 rings (SSSR count). The SMILES string of the molecule is COC(=O)c1cc(OCCCCCCCCCCCCC[P+](c2ccccc2)(c2ccccc2)c2ccccc2)ccc1O. The van der Waals surface area contributed by atoms with E-state index in [2.05, 4.69) is 91.0 Å². The minimum absolute atomic E-state index is 0.0956. The molecule has 0 heterocycles. The Morgan fingerprint density at radius 2 is 1.02 bits per heavy atom. The van der Waals surface area contributed by atoms with Gasteiger partial charge in [-0.1, -0.05) is 106 Å². The van der Waals surface area contributed by atoms with E-state index in [9.17, 15) is 9.90 Å². The largest absolute Gasteiger partial charge is 0.507 e. The monoisotopic (exact) mass is 611 g/mol. The lowest BCUT2D eigenvalue weighted by Crippen LogP contribution is -2.33. The fourth-order valence-corrected chi connectivity index (χ4v) is 10.4. The first-order valence-corrected chi connectivity index (χ1v) is 18.2. The Labute approximate surface area is 264 Å². The topological polar surface area (TPSA) is 55.8 Å². The molecule has 4 aromatic rings. The molecule has 0 bridgehead atoms. The second-order valence-electron chi connectivity index (χ2n) is 11.4. The number of aromatic hydroxyl groups is 1. The Balaban J connectivity index is 1.12. The van der Waals surface area contributed by atoms with Crippen LogP contribution in [0.15, 0.2) is 109 Å². The highest BCUT2D eigenvalue weighted by Crippen LogP contribution is 2.56. The summed E-state index contributed by atoms with van der Waals surface area (Å²) in [5.74, 6) is -0.0804. The number of carbonyl (C=O) groups excluding carboxylic acids is 1. The van der Waals surface area contributed by atoms with Crippen LogP contribution >= 0.6 is 7.26 Å². The van der Waals surface area contributed by atoms with Crippen LogP contribution in [0.4, 0.5) is 0 Å². The Bertz CT molecular complexity index is 1280. The van der Waals surface area contributed by atoms with Crippen molar-refractivity contribution >= 4 is 29.1 Å². The van der Waals surface area contributed by atoms with E-state index in [1.807, 2.05) is 0 Å². The van der Waals surface area contributed by atoms with Crippen molar-refractivity contribution in [1.29, 1.82) is 0 Å². The van der Waals surface area contributed by atoms with Crippen molar-refractivity contribution in [2.24, 2.45) is 0 Å². The molecule has 0 aliphatic carbocycles. The zero-order valence-electron chi connectivity index (χ0n) is 26.2. The third kappa shape index (κ3) is 9.44. The molecule has 0 atom stereocenters. The summed E-state index contributed by atoms with van der Waals surface area (Å²) < 4.78 is 10.5. The van der Waals surface area contributed by atoms with Gasteiger partial charge in [0.2, 0.25) is 0 Å². The summed E-state index contributed by atoms with van der Waals surface area (Å²) >= 11 is 0. The zero-order chi connectivity index (χ0) is 30.9. The normalized spacial score (nSPS) is 11.3. The van der Waals surface area contributed by atoms with Crippen LogP contribution in [0.25, 0.3) is 0 Å². The van der Waals surface area contributed by atoms with Crippen molar-refractivity contribution in [3.63, 3.8) is 0 Å². The average Bonchev–Trinajstić information content (AvgIpc) is 3.08. The maximum atomic E-state index is 11.7. The van der Waals surface area contributed by atoms with Gasteiger partial charge in [0.25, 0.3) is 0 Å². The molecule has 0 spiro atoms. The van der Waals surface area contributed by atoms with Crippen LogP contribution in [-0.2, 0) is 4.74 Å². The molecular formula is C39H48O4P+. The molecule has 0 fully saturated rings. The average molecular weight is 612 g/mol. The van der Waals surface area contributed by atoms with E-state index in [0.29, 0.717) is 12.4 Å². The molecule has 0 aliphatic heterocycles. The van der Waals surface area contributed by atoms with Gasteiger partial charge >= 0.3 is 5.97 Å².